The van der Waals surface area contributed by atoms with Crippen molar-refractivity contribution in [3.8, 4) is 0 Å². The van der Waals surface area contributed by atoms with Crippen molar-refractivity contribution in [2.24, 2.45) is 5.92 Å². The van der Waals surface area contributed by atoms with Gasteiger partial charge in [0.2, 0.25) is 0 Å². The van der Waals surface area contributed by atoms with Gasteiger partial charge in [-0.3, -0.25) is 14.9 Å². The Kier molecular flexibility index (Phi) is 4.10. The first-order chi connectivity index (χ1) is 11.1. The number of carbonyl (C=O) groups excluding carboxylic acids is 1. The van der Waals surface area contributed by atoms with Gasteiger partial charge in [0, 0.05) is 30.3 Å². The molecular formula is C18H18N2O3. The number of rotatable bonds is 4. The molecule has 2 aromatic carbocycles. The van der Waals surface area contributed by atoms with Gasteiger partial charge in [-0.25, -0.2) is 0 Å². The van der Waals surface area contributed by atoms with Gasteiger partial charge in [0.25, 0.3) is 5.69 Å². The van der Waals surface area contributed by atoms with Crippen LogP contribution in [0, 0.1) is 16.0 Å². The zero-order valence-corrected chi connectivity index (χ0v) is 12.9. The molecule has 1 heterocycles. The third-order valence-electron chi connectivity index (χ3n) is 4.23. The van der Waals surface area contributed by atoms with Gasteiger partial charge < -0.3 is 4.90 Å². The number of nitro groups is 1. The van der Waals surface area contributed by atoms with Crippen molar-refractivity contribution in [2.75, 3.05) is 18.0 Å². The molecule has 0 aliphatic carbocycles. The molecule has 23 heavy (non-hydrogen) atoms. The van der Waals surface area contributed by atoms with E-state index < -0.39 is 4.92 Å². The Labute approximate surface area is 134 Å². The number of carbonyl (C=O) groups is 1. The lowest BCUT2D eigenvalue weighted by Crippen LogP contribution is -2.20. The monoisotopic (exact) mass is 310 g/mol. The molecule has 0 amide bonds. The van der Waals surface area contributed by atoms with Gasteiger partial charge in [0.15, 0.2) is 5.78 Å². The lowest BCUT2D eigenvalue weighted by Gasteiger charge is -2.18. The van der Waals surface area contributed by atoms with Crippen LogP contribution in [0.3, 0.4) is 0 Å². The summed E-state index contributed by atoms with van der Waals surface area (Å²) >= 11 is 0. The highest BCUT2D eigenvalue weighted by atomic mass is 16.6. The molecule has 0 saturated carbocycles. The summed E-state index contributed by atoms with van der Waals surface area (Å²) in [4.78, 5) is 25.5. The lowest BCUT2D eigenvalue weighted by molar-refractivity contribution is -0.384. The minimum Gasteiger partial charge on any atom is -0.366 e. The van der Waals surface area contributed by atoms with Gasteiger partial charge in [-0.1, -0.05) is 37.3 Å². The van der Waals surface area contributed by atoms with Crippen molar-refractivity contribution in [1.29, 1.82) is 0 Å². The molecule has 5 heteroatoms. The van der Waals surface area contributed by atoms with Crippen LogP contribution >= 0.6 is 0 Å². The zero-order valence-electron chi connectivity index (χ0n) is 12.9. The van der Waals surface area contributed by atoms with Gasteiger partial charge in [-0.05, 0) is 24.5 Å². The van der Waals surface area contributed by atoms with Crippen molar-refractivity contribution < 1.29 is 9.72 Å². The molecule has 0 radical (unpaired) electrons. The van der Waals surface area contributed by atoms with E-state index in [-0.39, 0.29) is 11.5 Å². The number of hydrogen-bond donors (Lipinski definition) is 0. The Morgan fingerprint density at radius 3 is 2.52 bits per heavy atom. The van der Waals surface area contributed by atoms with E-state index in [4.69, 9.17) is 0 Å². The molecule has 1 aliphatic heterocycles. The maximum absolute atomic E-state index is 12.5. The predicted octanol–water partition coefficient (Wildman–Crippen LogP) is 3.67. The molecule has 0 aromatic heterocycles. The molecule has 1 aliphatic rings. The maximum Gasteiger partial charge on any atom is 0.293 e. The summed E-state index contributed by atoms with van der Waals surface area (Å²) in [7, 11) is 0. The van der Waals surface area contributed by atoms with Crippen LogP contribution in [-0.4, -0.2) is 23.8 Å². The van der Waals surface area contributed by atoms with Crippen molar-refractivity contribution in [2.45, 2.75) is 13.3 Å². The molecule has 1 unspecified atom stereocenters. The molecule has 1 saturated heterocycles. The fourth-order valence-corrected chi connectivity index (χ4v) is 2.99. The van der Waals surface area contributed by atoms with Crippen molar-refractivity contribution in [3.05, 3.63) is 69.8 Å². The molecule has 0 spiro atoms. The highest BCUT2D eigenvalue weighted by Crippen LogP contribution is 2.33. The van der Waals surface area contributed by atoms with Gasteiger partial charge in [0.1, 0.15) is 5.69 Å². The predicted molar refractivity (Wildman–Crippen MR) is 89.0 cm³/mol. The second kappa shape index (κ2) is 6.20. The first-order valence-electron chi connectivity index (χ1n) is 7.69. The lowest BCUT2D eigenvalue weighted by atomic mass is 10.0. The number of nitrogens with zero attached hydrogens (tertiary/aromatic N) is 2. The first-order valence-corrected chi connectivity index (χ1v) is 7.69. The largest absolute Gasteiger partial charge is 0.366 e. The number of benzene rings is 2. The average molecular weight is 310 g/mol. The number of ketones is 1. The van der Waals surface area contributed by atoms with Crippen LogP contribution in [0.15, 0.2) is 48.5 Å². The standard InChI is InChI=1S/C18H18N2O3/c1-13-9-10-19(12-13)16-8-7-15(11-17(16)20(22)23)18(21)14-5-3-2-4-6-14/h2-8,11,13H,9-10,12H2,1H3. The van der Waals surface area contributed by atoms with Crippen LogP contribution in [0.4, 0.5) is 11.4 Å². The highest BCUT2D eigenvalue weighted by molar-refractivity contribution is 6.09. The molecule has 1 fully saturated rings. The van der Waals surface area contributed by atoms with Crippen LogP contribution in [0.2, 0.25) is 0 Å². The minimum atomic E-state index is -0.403. The molecule has 2 aromatic rings. The van der Waals surface area contributed by atoms with E-state index in [1.165, 1.54) is 6.07 Å². The summed E-state index contributed by atoms with van der Waals surface area (Å²) in [5, 5.41) is 11.4. The summed E-state index contributed by atoms with van der Waals surface area (Å²) in [6, 6.07) is 13.6. The average Bonchev–Trinajstić information content (AvgIpc) is 3.00. The number of nitro benzene ring substituents is 1. The van der Waals surface area contributed by atoms with E-state index >= 15 is 0 Å². The van der Waals surface area contributed by atoms with E-state index in [9.17, 15) is 14.9 Å². The van der Waals surface area contributed by atoms with Gasteiger partial charge >= 0.3 is 0 Å². The highest BCUT2D eigenvalue weighted by Gasteiger charge is 2.26. The van der Waals surface area contributed by atoms with Gasteiger partial charge in [-0.2, -0.15) is 0 Å². The molecule has 0 N–H and O–H groups in total. The van der Waals surface area contributed by atoms with E-state index in [2.05, 4.69) is 6.92 Å². The van der Waals surface area contributed by atoms with Crippen molar-refractivity contribution >= 4 is 17.2 Å². The summed E-state index contributed by atoms with van der Waals surface area (Å²) in [5.74, 6) is 0.329. The zero-order chi connectivity index (χ0) is 16.4. The summed E-state index contributed by atoms with van der Waals surface area (Å²) in [5.41, 5.74) is 1.48. The van der Waals surface area contributed by atoms with Crippen LogP contribution in [0.1, 0.15) is 29.3 Å². The Balaban J connectivity index is 1.97. The topological polar surface area (TPSA) is 63.5 Å². The second-order valence-corrected chi connectivity index (χ2v) is 6.00. The molecule has 3 rings (SSSR count). The van der Waals surface area contributed by atoms with Gasteiger partial charge in [-0.15, -0.1) is 0 Å². The minimum absolute atomic E-state index is 0.000816. The summed E-state index contributed by atoms with van der Waals surface area (Å²) in [6.07, 6.45) is 1.03. The smallest absolute Gasteiger partial charge is 0.293 e. The number of anilines is 1. The SMILES string of the molecule is CC1CCN(c2ccc(C(=O)c3ccccc3)cc2[N+](=O)[O-])C1. The van der Waals surface area contributed by atoms with Crippen LogP contribution in [0.5, 0.6) is 0 Å². The first kappa shape index (κ1) is 15.2. The summed E-state index contributed by atoms with van der Waals surface area (Å²) < 4.78 is 0. The maximum atomic E-state index is 12.5. The van der Waals surface area contributed by atoms with E-state index in [1.807, 2.05) is 11.0 Å². The fourth-order valence-electron chi connectivity index (χ4n) is 2.99. The van der Waals surface area contributed by atoms with E-state index in [1.54, 1.807) is 36.4 Å². The molecule has 0 bridgehead atoms. The van der Waals surface area contributed by atoms with E-state index in [0.717, 1.165) is 19.5 Å². The van der Waals surface area contributed by atoms with Crippen LogP contribution in [0.25, 0.3) is 0 Å². The van der Waals surface area contributed by atoms with Crippen molar-refractivity contribution in [1.82, 2.24) is 0 Å². The normalized spacial score (nSPS) is 17.3. The second-order valence-electron chi connectivity index (χ2n) is 6.00. The van der Waals surface area contributed by atoms with Crippen LogP contribution in [-0.2, 0) is 0 Å². The third-order valence-corrected chi connectivity index (χ3v) is 4.23. The molecular weight excluding hydrogens is 292 g/mol. The summed E-state index contributed by atoms with van der Waals surface area (Å²) in [6.45, 7) is 3.76. The Hall–Kier alpha value is -2.69. The Morgan fingerprint density at radius 2 is 1.91 bits per heavy atom. The van der Waals surface area contributed by atoms with Crippen LogP contribution < -0.4 is 4.90 Å². The fraction of sp³-hybridized carbons (Fsp3) is 0.278. The molecule has 118 valence electrons. The Bertz CT molecular complexity index is 743. The third kappa shape index (κ3) is 3.08. The van der Waals surface area contributed by atoms with Crippen molar-refractivity contribution in [3.63, 3.8) is 0 Å². The number of hydrogen-bond acceptors (Lipinski definition) is 4. The Morgan fingerprint density at radius 1 is 1.17 bits per heavy atom. The van der Waals surface area contributed by atoms with E-state index in [0.29, 0.717) is 22.7 Å². The van der Waals surface area contributed by atoms with Gasteiger partial charge in [0.05, 0.1) is 4.92 Å². The quantitative estimate of drug-likeness (QED) is 0.491. The molecule has 5 nitrogen and oxygen atoms in total. The molecule has 1 atom stereocenters.